The minimum Gasteiger partial charge on any atom is -0.478 e. The van der Waals surface area contributed by atoms with Gasteiger partial charge in [-0.1, -0.05) is 0 Å². The molecule has 144 valence electrons. The van der Waals surface area contributed by atoms with E-state index in [0.29, 0.717) is 23.6 Å². The highest BCUT2D eigenvalue weighted by atomic mass is 16.4. The minimum atomic E-state index is -0.924. The van der Waals surface area contributed by atoms with Gasteiger partial charge in [0.15, 0.2) is 0 Å². The van der Waals surface area contributed by atoms with Crippen LogP contribution in [0, 0.1) is 0 Å². The first-order valence-corrected chi connectivity index (χ1v) is 9.65. The Morgan fingerprint density at radius 1 is 1.17 bits per heavy atom. The maximum atomic E-state index is 11.9. The smallest absolute Gasteiger partial charge is 0.337 e. The lowest BCUT2D eigenvalue weighted by Gasteiger charge is -2.11. The molecule has 4 aromatic rings. The van der Waals surface area contributed by atoms with Gasteiger partial charge in [0, 0.05) is 54.8 Å². The van der Waals surface area contributed by atoms with Crippen molar-refractivity contribution in [1.29, 1.82) is 0 Å². The van der Waals surface area contributed by atoms with Crippen LogP contribution in [-0.4, -0.2) is 30.6 Å². The highest BCUT2D eigenvalue weighted by Gasteiger charge is 2.26. The van der Waals surface area contributed by atoms with Gasteiger partial charge >= 0.3 is 5.97 Å². The van der Waals surface area contributed by atoms with Crippen LogP contribution in [0.2, 0.25) is 0 Å². The number of rotatable bonds is 5. The van der Waals surface area contributed by atoms with Crippen LogP contribution in [0.15, 0.2) is 55.4 Å². The van der Waals surface area contributed by atoms with E-state index in [1.807, 2.05) is 19.4 Å². The summed E-state index contributed by atoms with van der Waals surface area (Å²) in [6, 6.07) is 8.05. The molecule has 0 bridgehead atoms. The van der Waals surface area contributed by atoms with E-state index in [-0.39, 0.29) is 0 Å². The molecule has 1 aromatic carbocycles. The van der Waals surface area contributed by atoms with E-state index < -0.39 is 5.97 Å². The summed E-state index contributed by atoms with van der Waals surface area (Å²) in [6.45, 7) is 0. The molecule has 0 saturated heterocycles. The van der Waals surface area contributed by atoms with Crippen molar-refractivity contribution in [3.8, 4) is 11.1 Å². The molecule has 0 atom stereocenters. The number of carboxylic acid groups (broad SMARTS) is 1. The van der Waals surface area contributed by atoms with Crippen molar-refractivity contribution in [3.05, 3.63) is 77.8 Å². The van der Waals surface area contributed by atoms with E-state index in [9.17, 15) is 9.90 Å². The molecule has 0 radical (unpaired) electrons. The van der Waals surface area contributed by atoms with Crippen LogP contribution in [0.25, 0.3) is 22.0 Å². The number of hydrogen-bond acceptors (Lipinski definition) is 4. The molecule has 1 N–H and O–H groups in total. The Bertz CT molecular complexity index is 1230. The Hall–Kier alpha value is -3.54. The van der Waals surface area contributed by atoms with Gasteiger partial charge < -0.3 is 9.67 Å². The molecule has 0 amide bonds. The second kappa shape index (κ2) is 6.81. The number of aryl methyl sites for hydroxylation is 1. The van der Waals surface area contributed by atoms with Gasteiger partial charge in [0.25, 0.3) is 0 Å². The summed E-state index contributed by atoms with van der Waals surface area (Å²) in [5.74, 6) is -0.451. The number of pyridine rings is 1. The fourth-order valence-corrected chi connectivity index (χ4v) is 3.94. The van der Waals surface area contributed by atoms with E-state index in [0.717, 1.165) is 46.0 Å². The van der Waals surface area contributed by atoms with Crippen molar-refractivity contribution in [1.82, 2.24) is 19.5 Å². The molecule has 29 heavy (non-hydrogen) atoms. The predicted molar refractivity (Wildman–Crippen MR) is 110 cm³/mol. The second-order valence-electron chi connectivity index (χ2n) is 7.65. The first-order valence-electron chi connectivity index (χ1n) is 9.65. The largest absolute Gasteiger partial charge is 0.478 e. The molecular formula is C23H20N4O2. The van der Waals surface area contributed by atoms with Crippen molar-refractivity contribution < 1.29 is 9.90 Å². The van der Waals surface area contributed by atoms with Crippen molar-refractivity contribution in [2.24, 2.45) is 7.05 Å². The molecule has 3 aromatic heterocycles. The normalized spacial score (nSPS) is 13.7. The van der Waals surface area contributed by atoms with Crippen LogP contribution in [0.4, 0.5) is 0 Å². The molecule has 1 saturated carbocycles. The Morgan fingerprint density at radius 2 is 1.97 bits per heavy atom. The summed E-state index contributed by atoms with van der Waals surface area (Å²) in [7, 11) is 2.01. The van der Waals surface area contributed by atoms with E-state index in [1.54, 1.807) is 18.5 Å². The lowest BCUT2D eigenvalue weighted by Crippen LogP contribution is -2.07. The molecule has 0 unspecified atom stereocenters. The third-order valence-electron chi connectivity index (χ3n) is 5.54. The van der Waals surface area contributed by atoms with Gasteiger partial charge in [0.1, 0.15) is 6.33 Å². The molecule has 3 heterocycles. The summed E-state index contributed by atoms with van der Waals surface area (Å²) in [6.07, 6.45) is 11.7. The summed E-state index contributed by atoms with van der Waals surface area (Å²) in [5.41, 5.74) is 5.98. The van der Waals surface area contributed by atoms with Gasteiger partial charge in [-0.2, -0.15) is 0 Å². The first-order chi connectivity index (χ1) is 14.1. The maximum absolute atomic E-state index is 11.9. The van der Waals surface area contributed by atoms with E-state index in [4.69, 9.17) is 0 Å². The van der Waals surface area contributed by atoms with Gasteiger partial charge in [-0.05, 0) is 54.2 Å². The zero-order valence-corrected chi connectivity index (χ0v) is 16.0. The molecule has 0 aliphatic heterocycles. The third kappa shape index (κ3) is 3.27. The first kappa shape index (κ1) is 17.6. The van der Waals surface area contributed by atoms with E-state index in [1.165, 1.54) is 6.33 Å². The lowest BCUT2D eigenvalue weighted by molar-refractivity contribution is 0.0695. The fraction of sp³-hybridized carbons (Fsp3) is 0.217. The second-order valence-corrected chi connectivity index (χ2v) is 7.65. The third-order valence-corrected chi connectivity index (χ3v) is 5.54. The van der Waals surface area contributed by atoms with Gasteiger partial charge in [-0.3, -0.25) is 4.98 Å². The van der Waals surface area contributed by atoms with Gasteiger partial charge in [-0.25, -0.2) is 14.8 Å². The monoisotopic (exact) mass is 384 g/mol. The van der Waals surface area contributed by atoms with Crippen LogP contribution in [0.5, 0.6) is 0 Å². The molecule has 6 nitrogen and oxygen atoms in total. The molecule has 0 spiro atoms. The Kier molecular flexibility index (Phi) is 4.12. The Morgan fingerprint density at radius 3 is 2.69 bits per heavy atom. The van der Waals surface area contributed by atoms with Gasteiger partial charge in [-0.15, -0.1) is 0 Å². The van der Waals surface area contributed by atoms with Crippen molar-refractivity contribution in [2.75, 3.05) is 0 Å². The average molecular weight is 384 g/mol. The fourth-order valence-electron chi connectivity index (χ4n) is 3.94. The predicted octanol–water partition coefficient (Wildman–Crippen LogP) is 4.20. The molecule has 1 aliphatic carbocycles. The van der Waals surface area contributed by atoms with E-state index in [2.05, 4.69) is 37.7 Å². The number of aromatic nitrogens is 4. The molecule has 1 aliphatic rings. The van der Waals surface area contributed by atoms with Crippen LogP contribution < -0.4 is 0 Å². The number of fused-ring (bicyclic) bond motifs is 1. The number of nitrogens with zero attached hydrogens (tertiary/aromatic N) is 4. The topological polar surface area (TPSA) is 80.9 Å². The number of hydrogen-bond donors (Lipinski definition) is 1. The van der Waals surface area contributed by atoms with Crippen LogP contribution in [0.3, 0.4) is 0 Å². The van der Waals surface area contributed by atoms with Crippen molar-refractivity contribution >= 4 is 16.9 Å². The molecule has 6 heteroatoms. The molecule has 1 fully saturated rings. The average Bonchev–Trinajstić information content (AvgIpc) is 3.52. The highest BCUT2D eigenvalue weighted by molar-refractivity contribution is 5.95. The molecule has 5 rings (SSSR count). The number of carbonyl (C=O) groups is 1. The Balaban J connectivity index is 1.61. The van der Waals surface area contributed by atoms with Gasteiger partial charge in [0.2, 0.25) is 0 Å². The van der Waals surface area contributed by atoms with Crippen LogP contribution in [-0.2, 0) is 13.5 Å². The summed E-state index contributed by atoms with van der Waals surface area (Å²) < 4.78 is 2.08. The lowest BCUT2D eigenvalue weighted by atomic mass is 9.97. The number of carboxylic acids is 1. The van der Waals surface area contributed by atoms with E-state index >= 15 is 0 Å². The highest BCUT2D eigenvalue weighted by Crippen LogP contribution is 2.40. The van der Waals surface area contributed by atoms with Crippen LogP contribution in [0.1, 0.15) is 45.9 Å². The quantitative estimate of drug-likeness (QED) is 0.558. The summed E-state index contributed by atoms with van der Waals surface area (Å²) in [4.78, 5) is 24.7. The summed E-state index contributed by atoms with van der Waals surface area (Å²) >= 11 is 0. The van der Waals surface area contributed by atoms with Crippen molar-refractivity contribution in [3.63, 3.8) is 0 Å². The maximum Gasteiger partial charge on any atom is 0.337 e. The van der Waals surface area contributed by atoms with Crippen LogP contribution >= 0.6 is 0 Å². The molecular weight excluding hydrogens is 364 g/mol. The Labute approximate surface area is 167 Å². The van der Waals surface area contributed by atoms with Gasteiger partial charge in [0.05, 0.1) is 16.8 Å². The summed E-state index contributed by atoms with van der Waals surface area (Å²) in [5, 5.41) is 10.8. The number of benzene rings is 1. The zero-order valence-electron chi connectivity index (χ0n) is 16.0. The zero-order chi connectivity index (χ0) is 20.0. The minimum absolute atomic E-state index is 0.298. The standard InChI is InChI=1S/C23H20N4O2/c1-27-5-4-16-6-14(7-19(22(16)27)18-10-24-13-25-11-18)8-21-20(23(28)29)9-17(12-26-21)15-2-3-15/h4-7,9-13,15H,2-3,8H2,1H3,(H,28,29). The number of aromatic carboxylic acids is 1. The van der Waals surface area contributed by atoms with Crippen molar-refractivity contribution in [2.45, 2.75) is 25.2 Å². The SMILES string of the molecule is Cn1ccc2cc(Cc3ncc(C4CC4)cc3C(=O)O)cc(-c3cncnc3)c21.